The molecule has 2 aromatic heterocycles. The van der Waals surface area contributed by atoms with E-state index in [-0.39, 0.29) is 35.4 Å². The normalized spacial score (nSPS) is 15.9. The average Bonchev–Trinajstić information content (AvgIpc) is 3.35. The molecule has 12 heteroatoms. The lowest BCUT2D eigenvalue weighted by Crippen LogP contribution is -2.61. The van der Waals surface area contributed by atoms with Gasteiger partial charge in [-0.1, -0.05) is 29.8 Å². The second-order valence-corrected chi connectivity index (χ2v) is 13.6. The molecule has 216 valence electrons. The lowest BCUT2D eigenvalue weighted by Gasteiger charge is -2.41. The molecule has 2 aromatic carbocycles. The Balaban J connectivity index is 1.33. The molecule has 1 unspecified atom stereocenters. The minimum absolute atomic E-state index is 0.153. The van der Waals surface area contributed by atoms with Gasteiger partial charge in [0.05, 0.1) is 16.3 Å². The monoisotopic (exact) mass is 613 g/mol. The molecule has 1 aliphatic rings. The van der Waals surface area contributed by atoms with E-state index in [2.05, 4.69) is 15.2 Å². The number of hydrogen-bond acceptors (Lipinski definition) is 7. The van der Waals surface area contributed by atoms with Crippen LogP contribution >= 0.6 is 23.4 Å². The maximum absolute atomic E-state index is 13.5. The van der Waals surface area contributed by atoms with Crippen molar-refractivity contribution in [2.45, 2.75) is 24.3 Å². The van der Waals surface area contributed by atoms with Crippen molar-refractivity contribution >= 4 is 67.3 Å². The smallest absolute Gasteiger partial charge is 0.244 e. The molecule has 0 radical (unpaired) electrons. The van der Waals surface area contributed by atoms with Crippen molar-refractivity contribution in [3.05, 3.63) is 71.5 Å². The summed E-state index contributed by atoms with van der Waals surface area (Å²) >= 11 is 7.67. The minimum atomic E-state index is -3.73. The number of nitrogens with one attached hydrogen (secondary N) is 1. The summed E-state index contributed by atoms with van der Waals surface area (Å²) in [5, 5.41) is 5.10. The van der Waals surface area contributed by atoms with Gasteiger partial charge in [-0.05, 0) is 60.4 Å². The third kappa shape index (κ3) is 6.47. The molecular weight excluding hydrogens is 582 g/mol. The van der Waals surface area contributed by atoms with E-state index < -0.39 is 15.9 Å². The Morgan fingerprint density at radius 3 is 2.68 bits per heavy atom. The highest BCUT2D eigenvalue weighted by Gasteiger charge is 2.36. The van der Waals surface area contributed by atoms with Crippen molar-refractivity contribution < 1.29 is 18.0 Å². The number of thioether (sulfide) groups is 1. The van der Waals surface area contributed by atoms with E-state index in [1.165, 1.54) is 11.0 Å². The van der Waals surface area contributed by atoms with E-state index in [1.807, 2.05) is 42.0 Å². The van der Waals surface area contributed by atoms with E-state index in [4.69, 9.17) is 11.6 Å². The molecule has 5 rings (SSSR count). The predicted octanol–water partition coefficient (Wildman–Crippen LogP) is 3.81. The summed E-state index contributed by atoms with van der Waals surface area (Å²) in [6.45, 7) is 3.48. The van der Waals surface area contributed by atoms with Crippen LogP contribution in [0.3, 0.4) is 0 Å². The number of pyridine rings is 1. The number of rotatable bonds is 9. The number of carbonyl (C=O) groups is 2. The third-order valence-electron chi connectivity index (χ3n) is 7.24. The topological polar surface area (TPSA) is 104 Å². The molecule has 1 saturated heterocycles. The van der Waals surface area contributed by atoms with Gasteiger partial charge >= 0.3 is 0 Å². The van der Waals surface area contributed by atoms with Crippen LogP contribution in [0.5, 0.6) is 0 Å². The van der Waals surface area contributed by atoms with E-state index in [9.17, 15) is 18.0 Å². The SMILES string of the molecule is CSCCNC(=O)C1CN(c2cccc3nc(C)cn23)CCN1C(=O)CCS(=O)(=O)c1ccc2cc(Cl)ccc2c1. The number of aromatic nitrogens is 2. The van der Waals surface area contributed by atoms with Crippen molar-refractivity contribution in [3.63, 3.8) is 0 Å². The minimum Gasteiger partial charge on any atom is -0.353 e. The van der Waals surface area contributed by atoms with E-state index in [0.29, 0.717) is 24.7 Å². The number of amides is 2. The van der Waals surface area contributed by atoms with Gasteiger partial charge in [0.25, 0.3) is 0 Å². The number of anilines is 1. The number of fused-ring (bicyclic) bond motifs is 2. The Morgan fingerprint density at radius 1 is 1.10 bits per heavy atom. The number of aryl methyl sites for hydroxylation is 1. The Labute approximate surface area is 248 Å². The van der Waals surface area contributed by atoms with E-state index in [0.717, 1.165) is 33.7 Å². The second-order valence-electron chi connectivity index (χ2n) is 10.0. The van der Waals surface area contributed by atoms with Crippen LogP contribution in [0.1, 0.15) is 12.1 Å². The molecule has 1 atom stereocenters. The lowest BCUT2D eigenvalue weighted by molar-refractivity contribution is -0.140. The van der Waals surface area contributed by atoms with Gasteiger partial charge in [0.15, 0.2) is 9.84 Å². The fourth-order valence-electron chi connectivity index (χ4n) is 5.16. The number of sulfone groups is 1. The number of benzene rings is 2. The van der Waals surface area contributed by atoms with Crippen LogP contribution in [0.15, 0.2) is 65.7 Å². The van der Waals surface area contributed by atoms with Gasteiger partial charge in [0.2, 0.25) is 11.8 Å². The summed E-state index contributed by atoms with van der Waals surface area (Å²) in [4.78, 5) is 35.1. The molecule has 0 bridgehead atoms. The number of hydrogen-bond donors (Lipinski definition) is 1. The summed E-state index contributed by atoms with van der Waals surface area (Å²) < 4.78 is 28.4. The number of halogens is 1. The van der Waals surface area contributed by atoms with Crippen molar-refractivity contribution in [1.82, 2.24) is 19.6 Å². The van der Waals surface area contributed by atoms with Crippen LogP contribution in [0.2, 0.25) is 5.02 Å². The van der Waals surface area contributed by atoms with Crippen molar-refractivity contribution in [2.24, 2.45) is 0 Å². The molecule has 9 nitrogen and oxygen atoms in total. The van der Waals surface area contributed by atoms with Gasteiger partial charge in [0, 0.05) is 49.6 Å². The molecule has 0 aliphatic carbocycles. The summed E-state index contributed by atoms with van der Waals surface area (Å²) in [6, 6.07) is 15.2. The van der Waals surface area contributed by atoms with Crippen LogP contribution < -0.4 is 10.2 Å². The Bertz CT molecular complexity index is 1710. The second kappa shape index (κ2) is 12.3. The molecule has 1 aliphatic heterocycles. The van der Waals surface area contributed by atoms with Gasteiger partial charge in [0.1, 0.15) is 17.5 Å². The zero-order valence-electron chi connectivity index (χ0n) is 22.9. The van der Waals surface area contributed by atoms with Crippen molar-refractivity contribution in [3.8, 4) is 0 Å². The van der Waals surface area contributed by atoms with Crippen LogP contribution in [0, 0.1) is 6.92 Å². The van der Waals surface area contributed by atoms with E-state index in [1.54, 1.807) is 42.1 Å². The Hall–Kier alpha value is -3.28. The number of nitrogens with zero attached hydrogens (tertiary/aromatic N) is 4. The lowest BCUT2D eigenvalue weighted by atomic mass is 10.1. The molecule has 1 N–H and O–H groups in total. The molecule has 3 heterocycles. The summed E-state index contributed by atoms with van der Waals surface area (Å²) in [7, 11) is -3.73. The molecule has 4 aromatic rings. The molecule has 0 saturated carbocycles. The Morgan fingerprint density at radius 2 is 1.88 bits per heavy atom. The fraction of sp³-hybridized carbons (Fsp3) is 0.345. The van der Waals surface area contributed by atoms with Gasteiger partial charge in [-0.2, -0.15) is 11.8 Å². The van der Waals surface area contributed by atoms with Gasteiger partial charge < -0.3 is 15.1 Å². The first-order chi connectivity index (χ1) is 19.7. The maximum Gasteiger partial charge on any atom is 0.244 e. The van der Waals surface area contributed by atoms with Gasteiger partial charge in [-0.25, -0.2) is 13.4 Å². The Kier molecular flexibility index (Phi) is 8.77. The van der Waals surface area contributed by atoms with E-state index >= 15 is 0 Å². The highest BCUT2D eigenvalue weighted by atomic mass is 35.5. The first kappa shape index (κ1) is 29.2. The predicted molar refractivity (Wildman–Crippen MR) is 165 cm³/mol. The summed E-state index contributed by atoms with van der Waals surface area (Å²) in [6.07, 6.45) is 3.69. The largest absolute Gasteiger partial charge is 0.353 e. The number of imidazole rings is 1. The standard InChI is InChI=1S/C29H32ClN5O4S2/c1-20-18-35-26(32-20)4-3-5-27(35)33-12-13-34(25(19-33)29(37)31-11-14-40-2)28(36)10-15-41(38,39)24-9-7-21-16-23(30)8-6-22(21)17-24/h3-9,16-18,25H,10-15,19H2,1-2H3,(H,31,37). The first-order valence-corrected chi connectivity index (χ1v) is 16.8. The van der Waals surface area contributed by atoms with Crippen LogP contribution in [-0.2, 0) is 19.4 Å². The maximum atomic E-state index is 13.5. The summed E-state index contributed by atoms with van der Waals surface area (Å²) in [5.74, 6) is 0.682. The average molecular weight is 614 g/mol. The molecule has 41 heavy (non-hydrogen) atoms. The quantitative estimate of drug-likeness (QED) is 0.286. The molecule has 0 spiro atoms. The summed E-state index contributed by atoms with van der Waals surface area (Å²) in [5.41, 5.74) is 1.69. The fourth-order valence-corrected chi connectivity index (χ4v) is 6.90. The third-order valence-corrected chi connectivity index (χ3v) is 9.80. The van der Waals surface area contributed by atoms with Crippen LogP contribution in [0.4, 0.5) is 5.82 Å². The molecule has 2 amide bonds. The molecule has 1 fully saturated rings. The highest BCUT2D eigenvalue weighted by Crippen LogP contribution is 2.25. The zero-order valence-corrected chi connectivity index (χ0v) is 25.3. The first-order valence-electron chi connectivity index (χ1n) is 13.3. The van der Waals surface area contributed by atoms with Gasteiger partial charge in [-0.15, -0.1) is 0 Å². The van der Waals surface area contributed by atoms with Crippen molar-refractivity contribution in [1.29, 1.82) is 0 Å². The van der Waals surface area contributed by atoms with Crippen LogP contribution in [0.25, 0.3) is 16.4 Å². The number of carbonyl (C=O) groups excluding carboxylic acids is 2. The molecular formula is C29H32ClN5O4S2. The van der Waals surface area contributed by atoms with Gasteiger partial charge in [-0.3, -0.25) is 14.0 Å². The zero-order chi connectivity index (χ0) is 29.1. The van der Waals surface area contributed by atoms with Crippen LogP contribution in [-0.4, -0.2) is 84.5 Å². The van der Waals surface area contributed by atoms with Crippen molar-refractivity contribution in [2.75, 3.05) is 48.8 Å². The number of piperazine rings is 1. The highest BCUT2D eigenvalue weighted by molar-refractivity contribution is 7.98.